The largest absolute Gasteiger partial charge is 0.393 e. The molecule has 0 bridgehead atoms. The fourth-order valence-corrected chi connectivity index (χ4v) is 1.72. The minimum absolute atomic E-state index is 0.0277. The lowest BCUT2D eigenvalue weighted by atomic mass is 9.82. The first-order valence-electron chi connectivity index (χ1n) is 5.16. The molecule has 0 atom stereocenters. The molecule has 1 aliphatic carbocycles. The Morgan fingerprint density at radius 1 is 1.60 bits per heavy atom. The van der Waals surface area contributed by atoms with Gasteiger partial charge in [0.1, 0.15) is 6.54 Å². The maximum Gasteiger partial charge on any atom is 0.241 e. The van der Waals surface area contributed by atoms with Crippen molar-refractivity contribution in [1.82, 2.24) is 15.1 Å². The molecule has 1 heterocycles. The predicted octanol–water partition coefficient (Wildman–Crippen LogP) is -0.230. The van der Waals surface area contributed by atoms with E-state index in [4.69, 9.17) is 5.11 Å². The van der Waals surface area contributed by atoms with E-state index in [2.05, 4.69) is 10.4 Å². The van der Waals surface area contributed by atoms with Crippen LogP contribution in [0.4, 0.5) is 0 Å². The third-order valence-electron chi connectivity index (χ3n) is 2.66. The first-order valence-corrected chi connectivity index (χ1v) is 5.16. The fourth-order valence-electron chi connectivity index (χ4n) is 1.72. The summed E-state index contributed by atoms with van der Waals surface area (Å²) in [5, 5.41) is 15.8. The van der Waals surface area contributed by atoms with E-state index in [9.17, 15) is 4.79 Å². The quantitative estimate of drug-likeness (QED) is 0.720. The van der Waals surface area contributed by atoms with Gasteiger partial charge >= 0.3 is 0 Å². The summed E-state index contributed by atoms with van der Waals surface area (Å²) < 4.78 is 1.59. The molecular formula is C10H15N3O2. The van der Waals surface area contributed by atoms with Crippen LogP contribution in [0.25, 0.3) is 0 Å². The standard InChI is InChI=1S/C10H15N3O2/c14-9-4-8(5-9)6-11-10(15)7-13-3-1-2-12-13/h1-3,8-9,14H,4-7H2,(H,11,15). The molecule has 15 heavy (non-hydrogen) atoms. The highest BCUT2D eigenvalue weighted by atomic mass is 16.3. The van der Waals surface area contributed by atoms with Crippen molar-refractivity contribution >= 4 is 5.91 Å². The zero-order valence-corrected chi connectivity index (χ0v) is 8.47. The molecule has 82 valence electrons. The van der Waals surface area contributed by atoms with E-state index in [0.29, 0.717) is 12.5 Å². The lowest BCUT2D eigenvalue weighted by Gasteiger charge is -2.31. The van der Waals surface area contributed by atoms with E-state index >= 15 is 0 Å². The second kappa shape index (κ2) is 4.44. The predicted molar refractivity (Wildman–Crippen MR) is 54.0 cm³/mol. The number of aromatic nitrogens is 2. The number of carbonyl (C=O) groups is 1. The zero-order valence-electron chi connectivity index (χ0n) is 8.47. The second-order valence-electron chi connectivity index (χ2n) is 4.00. The average Bonchev–Trinajstić information content (AvgIpc) is 2.63. The Morgan fingerprint density at radius 2 is 2.40 bits per heavy atom. The van der Waals surface area contributed by atoms with E-state index in [0.717, 1.165) is 12.8 Å². The lowest BCUT2D eigenvalue weighted by Crippen LogP contribution is -2.39. The zero-order chi connectivity index (χ0) is 10.7. The first kappa shape index (κ1) is 10.2. The third-order valence-corrected chi connectivity index (χ3v) is 2.66. The van der Waals surface area contributed by atoms with Crippen LogP contribution in [0.2, 0.25) is 0 Å². The van der Waals surface area contributed by atoms with Crippen LogP contribution < -0.4 is 5.32 Å². The molecule has 0 unspecified atom stereocenters. The first-order chi connectivity index (χ1) is 7.24. The summed E-state index contributed by atoms with van der Waals surface area (Å²) in [6, 6.07) is 1.79. The van der Waals surface area contributed by atoms with Crippen molar-refractivity contribution in [3.05, 3.63) is 18.5 Å². The molecule has 0 radical (unpaired) electrons. The molecule has 2 rings (SSSR count). The van der Waals surface area contributed by atoms with E-state index in [1.807, 2.05) is 0 Å². The van der Waals surface area contributed by atoms with Crippen molar-refractivity contribution in [2.24, 2.45) is 5.92 Å². The number of nitrogens with zero attached hydrogens (tertiary/aromatic N) is 2. The van der Waals surface area contributed by atoms with Crippen molar-refractivity contribution in [1.29, 1.82) is 0 Å². The van der Waals surface area contributed by atoms with Crippen LogP contribution in [0.3, 0.4) is 0 Å². The van der Waals surface area contributed by atoms with Gasteiger partial charge in [0.15, 0.2) is 0 Å². The van der Waals surface area contributed by atoms with Crippen molar-refractivity contribution in [3.63, 3.8) is 0 Å². The molecule has 5 nitrogen and oxygen atoms in total. The van der Waals surface area contributed by atoms with Gasteiger partial charge in [0.05, 0.1) is 6.10 Å². The Bertz CT molecular complexity index is 317. The second-order valence-corrected chi connectivity index (χ2v) is 4.00. The number of hydrogen-bond acceptors (Lipinski definition) is 3. The molecule has 0 aromatic carbocycles. The van der Waals surface area contributed by atoms with Gasteiger partial charge in [0.2, 0.25) is 5.91 Å². The van der Waals surface area contributed by atoms with E-state index < -0.39 is 0 Å². The van der Waals surface area contributed by atoms with Crippen LogP contribution in [0, 0.1) is 5.92 Å². The topological polar surface area (TPSA) is 67.2 Å². The normalized spacial score (nSPS) is 24.6. The van der Waals surface area contributed by atoms with Gasteiger partial charge in [-0.3, -0.25) is 9.48 Å². The van der Waals surface area contributed by atoms with Gasteiger partial charge < -0.3 is 10.4 Å². The molecule has 1 saturated carbocycles. The van der Waals surface area contributed by atoms with Crippen LogP contribution in [-0.4, -0.2) is 33.4 Å². The fraction of sp³-hybridized carbons (Fsp3) is 0.600. The number of amides is 1. The maximum atomic E-state index is 11.4. The smallest absolute Gasteiger partial charge is 0.241 e. The minimum Gasteiger partial charge on any atom is -0.393 e. The van der Waals surface area contributed by atoms with Crippen LogP contribution in [0.15, 0.2) is 18.5 Å². The molecule has 1 aliphatic rings. The number of nitrogens with one attached hydrogen (secondary N) is 1. The number of aliphatic hydroxyl groups is 1. The highest BCUT2D eigenvalue weighted by Gasteiger charge is 2.26. The summed E-state index contributed by atoms with van der Waals surface area (Å²) in [5.74, 6) is 0.418. The van der Waals surface area contributed by atoms with E-state index in [-0.39, 0.29) is 18.6 Å². The molecule has 0 saturated heterocycles. The average molecular weight is 209 g/mol. The Kier molecular flexibility index (Phi) is 3.01. The SMILES string of the molecule is O=C(Cn1cccn1)NCC1CC(O)C1. The molecule has 0 aliphatic heterocycles. The highest BCUT2D eigenvalue weighted by Crippen LogP contribution is 2.25. The van der Waals surface area contributed by atoms with E-state index in [1.54, 1.807) is 23.1 Å². The molecule has 1 aromatic heterocycles. The van der Waals surface area contributed by atoms with Gasteiger partial charge in [-0.05, 0) is 24.8 Å². The highest BCUT2D eigenvalue weighted by molar-refractivity contribution is 5.75. The number of rotatable bonds is 4. The van der Waals surface area contributed by atoms with Crippen LogP contribution in [0.5, 0.6) is 0 Å². The Labute approximate surface area is 88.1 Å². The monoisotopic (exact) mass is 209 g/mol. The summed E-state index contributed by atoms with van der Waals surface area (Å²) >= 11 is 0. The Hall–Kier alpha value is -1.36. The van der Waals surface area contributed by atoms with Crippen molar-refractivity contribution < 1.29 is 9.90 Å². The molecular weight excluding hydrogens is 194 g/mol. The lowest BCUT2D eigenvalue weighted by molar-refractivity contribution is -0.122. The molecule has 0 spiro atoms. The summed E-state index contributed by atoms with van der Waals surface area (Å²) in [6.45, 7) is 0.930. The Balaban J connectivity index is 1.65. The number of carbonyl (C=O) groups excluding carboxylic acids is 1. The van der Waals surface area contributed by atoms with Crippen molar-refractivity contribution in [2.75, 3.05) is 6.54 Å². The van der Waals surface area contributed by atoms with Gasteiger partial charge in [0.25, 0.3) is 0 Å². The maximum absolute atomic E-state index is 11.4. The van der Waals surface area contributed by atoms with Gasteiger partial charge in [-0.25, -0.2) is 0 Å². The molecule has 1 amide bonds. The number of aliphatic hydroxyl groups excluding tert-OH is 1. The molecule has 5 heteroatoms. The Morgan fingerprint density at radius 3 is 3.00 bits per heavy atom. The van der Waals surface area contributed by atoms with Gasteiger partial charge in [-0.1, -0.05) is 0 Å². The van der Waals surface area contributed by atoms with Gasteiger partial charge in [0, 0.05) is 18.9 Å². The molecule has 2 N–H and O–H groups in total. The summed E-state index contributed by atoms with van der Waals surface area (Å²) in [7, 11) is 0. The third kappa shape index (κ3) is 2.79. The van der Waals surface area contributed by atoms with Crippen molar-refractivity contribution in [2.45, 2.75) is 25.5 Å². The van der Waals surface area contributed by atoms with Crippen molar-refractivity contribution in [3.8, 4) is 0 Å². The summed E-state index contributed by atoms with van der Waals surface area (Å²) in [6.07, 6.45) is 4.87. The van der Waals surface area contributed by atoms with E-state index in [1.165, 1.54) is 0 Å². The van der Waals surface area contributed by atoms with Crippen LogP contribution in [0.1, 0.15) is 12.8 Å². The van der Waals surface area contributed by atoms with Gasteiger partial charge in [-0.15, -0.1) is 0 Å². The van der Waals surface area contributed by atoms with Crippen LogP contribution >= 0.6 is 0 Å². The number of hydrogen-bond donors (Lipinski definition) is 2. The molecule has 1 aromatic rings. The summed E-state index contributed by atoms with van der Waals surface area (Å²) in [5.41, 5.74) is 0. The minimum atomic E-state index is -0.155. The van der Waals surface area contributed by atoms with Gasteiger partial charge in [-0.2, -0.15) is 5.10 Å². The molecule has 1 fully saturated rings. The summed E-state index contributed by atoms with van der Waals surface area (Å²) in [4.78, 5) is 11.4. The van der Waals surface area contributed by atoms with Crippen LogP contribution in [-0.2, 0) is 11.3 Å².